The average Bonchev–Trinajstić information content (AvgIpc) is 2.76. The summed E-state index contributed by atoms with van der Waals surface area (Å²) in [5.74, 6) is 0.782. The Bertz CT molecular complexity index is 980. The lowest BCUT2D eigenvalue weighted by Gasteiger charge is -2.65. The molecule has 35 heavy (non-hydrogen) atoms. The summed E-state index contributed by atoms with van der Waals surface area (Å²) in [5, 5.41) is 9.40. The Hall–Kier alpha value is -2.57. The summed E-state index contributed by atoms with van der Waals surface area (Å²) in [4.78, 5) is 39.4. The van der Waals surface area contributed by atoms with Crippen molar-refractivity contribution < 1.29 is 14.4 Å². The van der Waals surface area contributed by atoms with Gasteiger partial charge in [-0.25, -0.2) is 4.79 Å². The molecule has 6 rings (SSSR count). The maximum Gasteiger partial charge on any atom is 0.319 e. The fraction of sp³-hybridized carbons (Fsp3) is 0.679. The summed E-state index contributed by atoms with van der Waals surface area (Å²) in [6, 6.07) is 7.20. The summed E-state index contributed by atoms with van der Waals surface area (Å²) >= 11 is 0. The van der Waals surface area contributed by atoms with Crippen LogP contribution in [0.3, 0.4) is 0 Å². The van der Waals surface area contributed by atoms with Crippen molar-refractivity contribution in [2.45, 2.75) is 90.1 Å². The molecule has 4 amide bonds. The van der Waals surface area contributed by atoms with Gasteiger partial charge in [0.05, 0.1) is 0 Å². The first kappa shape index (κ1) is 24.1. The molecule has 7 nitrogen and oxygen atoms in total. The number of anilines is 1. The fourth-order valence-corrected chi connectivity index (χ4v) is 8.43. The highest BCUT2D eigenvalue weighted by molar-refractivity contribution is 5.95. The molecule has 3 N–H and O–H groups in total. The van der Waals surface area contributed by atoms with E-state index < -0.39 is 0 Å². The molecule has 4 aliphatic carbocycles. The molecule has 1 aromatic rings. The van der Waals surface area contributed by atoms with E-state index in [0.717, 1.165) is 38.0 Å². The van der Waals surface area contributed by atoms with Crippen LogP contribution in [0.4, 0.5) is 10.5 Å². The summed E-state index contributed by atoms with van der Waals surface area (Å²) in [6.07, 6.45) is 9.16. The number of carbonyl (C=O) groups is 3. The van der Waals surface area contributed by atoms with Gasteiger partial charge >= 0.3 is 6.03 Å². The van der Waals surface area contributed by atoms with Crippen LogP contribution < -0.4 is 16.0 Å². The molecule has 4 atom stereocenters. The van der Waals surface area contributed by atoms with Crippen molar-refractivity contribution in [3.63, 3.8) is 0 Å². The van der Waals surface area contributed by atoms with E-state index in [4.69, 9.17) is 0 Å². The lowest BCUT2D eigenvalue weighted by molar-refractivity contribution is -0.121. The van der Waals surface area contributed by atoms with Gasteiger partial charge in [0.15, 0.2) is 0 Å². The van der Waals surface area contributed by atoms with Crippen LogP contribution in [0.1, 0.15) is 88.9 Å². The third-order valence-electron chi connectivity index (χ3n) is 8.86. The molecule has 1 heterocycles. The summed E-state index contributed by atoms with van der Waals surface area (Å²) in [5.41, 5.74) is 1.92. The molecular formula is C28H40N4O3. The van der Waals surface area contributed by atoms with Gasteiger partial charge in [-0.05, 0) is 92.4 Å². The SMILES string of the molecule is CCC(=O)NC1CCN(C(=O)c2ccc(NC(=O)NC34CC5C[C@@](C)(C3)C[C@](C)(C5)C4)cc2)CC1. The van der Waals surface area contributed by atoms with Gasteiger partial charge in [-0.2, -0.15) is 0 Å². The van der Waals surface area contributed by atoms with Gasteiger partial charge in [0.1, 0.15) is 0 Å². The monoisotopic (exact) mass is 480 g/mol. The Kier molecular flexibility index (Phi) is 6.09. The molecule has 190 valence electrons. The van der Waals surface area contributed by atoms with Crippen LogP contribution in [-0.4, -0.2) is 47.4 Å². The van der Waals surface area contributed by atoms with Crippen LogP contribution in [0.15, 0.2) is 24.3 Å². The van der Waals surface area contributed by atoms with Crippen LogP contribution in [-0.2, 0) is 4.79 Å². The largest absolute Gasteiger partial charge is 0.353 e. The number of piperidine rings is 1. The molecular weight excluding hydrogens is 440 g/mol. The van der Waals surface area contributed by atoms with E-state index in [1.165, 1.54) is 19.3 Å². The minimum Gasteiger partial charge on any atom is -0.353 e. The predicted octanol–water partition coefficient (Wildman–Crippen LogP) is 4.69. The van der Waals surface area contributed by atoms with Crippen molar-refractivity contribution in [2.75, 3.05) is 18.4 Å². The maximum atomic E-state index is 13.0. The molecule has 0 spiro atoms. The number of nitrogens with one attached hydrogen (secondary N) is 3. The van der Waals surface area contributed by atoms with E-state index in [1.54, 1.807) is 12.1 Å². The highest BCUT2D eigenvalue weighted by Crippen LogP contribution is 2.66. The molecule has 4 bridgehead atoms. The van der Waals surface area contributed by atoms with Crippen molar-refractivity contribution in [1.82, 2.24) is 15.5 Å². The lowest BCUT2D eigenvalue weighted by Crippen LogP contribution is -2.65. The smallest absolute Gasteiger partial charge is 0.319 e. The minimum atomic E-state index is -0.144. The quantitative estimate of drug-likeness (QED) is 0.571. The van der Waals surface area contributed by atoms with E-state index in [-0.39, 0.29) is 29.4 Å². The zero-order chi connectivity index (χ0) is 24.8. The summed E-state index contributed by atoms with van der Waals surface area (Å²) in [6.45, 7) is 7.93. The minimum absolute atomic E-state index is 0.00340. The van der Waals surface area contributed by atoms with E-state index in [0.29, 0.717) is 41.6 Å². The molecule has 7 heteroatoms. The number of likely N-dealkylation sites (tertiary alicyclic amines) is 1. The van der Waals surface area contributed by atoms with Crippen molar-refractivity contribution in [3.8, 4) is 0 Å². The second kappa shape index (κ2) is 8.82. The number of hydrogen-bond acceptors (Lipinski definition) is 3. The topological polar surface area (TPSA) is 90.5 Å². The first-order valence-corrected chi connectivity index (χ1v) is 13.4. The van der Waals surface area contributed by atoms with Gasteiger partial charge in [0.25, 0.3) is 5.91 Å². The average molecular weight is 481 g/mol. The number of rotatable bonds is 5. The molecule has 5 fully saturated rings. The normalized spacial score (nSPS) is 33.9. The van der Waals surface area contributed by atoms with Gasteiger partial charge < -0.3 is 20.9 Å². The lowest BCUT2D eigenvalue weighted by atomic mass is 9.43. The maximum absolute atomic E-state index is 13.0. The molecule has 1 aliphatic heterocycles. The fourth-order valence-electron chi connectivity index (χ4n) is 8.43. The van der Waals surface area contributed by atoms with Crippen LogP contribution in [0.25, 0.3) is 0 Å². The second-order valence-corrected chi connectivity index (χ2v) is 12.6. The van der Waals surface area contributed by atoms with Crippen LogP contribution in [0.2, 0.25) is 0 Å². The van der Waals surface area contributed by atoms with E-state index in [9.17, 15) is 14.4 Å². The molecule has 1 aromatic carbocycles. The molecule has 1 saturated heterocycles. The number of hydrogen-bond donors (Lipinski definition) is 3. The second-order valence-electron chi connectivity index (χ2n) is 12.6. The van der Waals surface area contributed by atoms with E-state index >= 15 is 0 Å². The van der Waals surface area contributed by atoms with E-state index in [1.807, 2.05) is 24.0 Å². The number of urea groups is 1. The molecule has 0 aromatic heterocycles. The van der Waals surface area contributed by atoms with Gasteiger partial charge in [-0.1, -0.05) is 20.8 Å². The number of carbonyl (C=O) groups excluding carboxylic acids is 3. The number of benzene rings is 1. The van der Waals surface area contributed by atoms with Crippen molar-refractivity contribution in [2.24, 2.45) is 16.7 Å². The van der Waals surface area contributed by atoms with Gasteiger partial charge in [-0.3, -0.25) is 9.59 Å². The van der Waals surface area contributed by atoms with Crippen molar-refractivity contribution in [3.05, 3.63) is 29.8 Å². The predicted molar refractivity (Wildman–Crippen MR) is 136 cm³/mol. The third-order valence-corrected chi connectivity index (χ3v) is 8.86. The summed E-state index contributed by atoms with van der Waals surface area (Å²) in [7, 11) is 0. The third kappa shape index (κ3) is 5.05. The number of amides is 4. The van der Waals surface area contributed by atoms with Gasteiger partial charge in [0, 0.05) is 42.3 Å². The first-order valence-electron chi connectivity index (χ1n) is 13.4. The Labute approximate surface area is 208 Å². The molecule has 2 unspecified atom stereocenters. The van der Waals surface area contributed by atoms with Gasteiger partial charge in [0.2, 0.25) is 5.91 Å². The van der Waals surface area contributed by atoms with Crippen LogP contribution >= 0.6 is 0 Å². The van der Waals surface area contributed by atoms with Crippen molar-refractivity contribution in [1.29, 1.82) is 0 Å². The standard InChI is InChI=1S/C28H40N4O3/c1-4-23(33)29-22-9-11-32(12-10-22)24(34)20-5-7-21(8-6-20)30-25(35)31-28-15-19-13-26(2,17-28)16-27(3,14-19)18-28/h5-8,19,22H,4,9-18H2,1-3H3,(H,29,33)(H2,30,31,35)/t19?,26-,27+,28?. The first-order chi connectivity index (χ1) is 16.6. The Balaban J connectivity index is 1.15. The highest BCUT2D eigenvalue weighted by Gasteiger charge is 2.60. The molecule has 4 saturated carbocycles. The summed E-state index contributed by atoms with van der Waals surface area (Å²) < 4.78 is 0. The molecule has 0 radical (unpaired) electrons. The zero-order valence-corrected chi connectivity index (χ0v) is 21.4. The highest BCUT2D eigenvalue weighted by atomic mass is 16.2. The number of nitrogens with zero attached hydrogens (tertiary/aromatic N) is 1. The van der Waals surface area contributed by atoms with E-state index in [2.05, 4.69) is 29.8 Å². The van der Waals surface area contributed by atoms with Gasteiger partial charge in [-0.15, -0.1) is 0 Å². The Morgan fingerprint density at radius 1 is 0.943 bits per heavy atom. The Morgan fingerprint density at radius 2 is 1.57 bits per heavy atom. The van der Waals surface area contributed by atoms with Crippen LogP contribution in [0, 0.1) is 16.7 Å². The van der Waals surface area contributed by atoms with Crippen LogP contribution in [0.5, 0.6) is 0 Å². The van der Waals surface area contributed by atoms with Crippen molar-refractivity contribution >= 4 is 23.5 Å². The zero-order valence-electron chi connectivity index (χ0n) is 21.4. The Morgan fingerprint density at radius 3 is 2.14 bits per heavy atom. The molecule has 5 aliphatic rings.